The second-order valence-electron chi connectivity index (χ2n) is 6.71. The summed E-state index contributed by atoms with van der Waals surface area (Å²) in [6.45, 7) is 0.192. The predicted octanol–water partition coefficient (Wildman–Crippen LogP) is 4.52. The van der Waals surface area contributed by atoms with Gasteiger partial charge in [0.2, 0.25) is 15.8 Å². The summed E-state index contributed by atoms with van der Waals surface area (Å²) in [5.74, 6) is -3.07. The molecule has 0 radical (unpaired) electrons. The number of anilines is 3. The maximum atomic E-state index is 14.0. The molecule has 4 aromatic rings. The Morgan fingerprint density at radius 3 is 2.36 bits per heavy atom. The standard InChI is InChI=1S/C21H16F2N4O3S3/c22-15-4-1-5-16(23)17(15)18(28)19-20(24)27-21(32-19)26-12-6-8-14(9-7-12)33(29,30)25-11-13-3-2-10-31-13/h1-10,25H,11,24H2,(H,26,27). The van der Waals surface area contributed by atoms with E-state index in [1.807, 2.05) is 17.5 Å². The molecule has 0 bridgehead atoms. The molecule has 0 aliphatic heterocycles. The molecule has 33 heavy (non-hydrogen) atoms. The van der Waals surface area contributed by atoms with Gasteiger partial charge in [-0.3, -0.25) is 4.79 Å². The van der Waals surface area contributed by atoms with Crippen LogP contribution in [-0.2, 0) is 16.6 Å². The van der Waals surface area contributed by atoms with Crippen molar-refractivity contribution in [1.82, 2.24) is 9.71 Å². The van der Waals surface area contributed by atoms with Crippen molar-refractivity contribution in [2.24, 2.45) is 0 Å². The highest BCUT2D eigenvalue weighted by Crippen LogP contribution is 2.31. The Bertz CT molecular complexity index is 1380. The molecule has 0 fully saturated rings. The van der Waals surface area contributed by atoms with Crippen molar-refractivity contribution in [1.29, 1.82) is 0 Å². The molecule has 7 nitrogen and oxygen atoms in total. The van der Waals surface area contributed by atoms with E-state index >= 15 is 0 Å². The maximum Gasteiger partial charge on any atom is 0.240 e. The van der Waals surface area contributed by atoms with E-state index in [0.29, 0.717) is 5.69 Å². The minimum absolute atomic E-state index is 0.0779. The highest BCUT2D eigenvalue weighted by molar-refractivity contribution is 7.89. The number of carbonyl (C=O) groups excluding carboxylic acids is 1. The molecule has 0 saturated carbocycles. The highest BCUT2D eigenvalue weighted by Gasteiger charge is 2.24. The molecule has 0 aliphatic carbocycles. The van der Waals surface area contributed by atoms with E-state index < -0.39 is 33.0 Å². The molecule has 170 valence electrons. The Hall–Kier alpha value is -3.19. The summed E-state index contributed by atoms with van der Waals surface area (Å²) < 4.78 is 55.4. The van der Waals surface area contributed by atoms with Crippen LogP contribution in [0.5, 0.6) is 0 Å². The van der Waals surface area contributed by atoms with Crippen LogP contribution in [0.25, 0.3) is 0 Å². The number of rotatable bonds is 8. The fraction of sp³-hybridized carbons (Fsp3) is 0.0476. The number of thiophene rings is 1. The summed E-state index contributed by atoms with van der Waals surface area (Å²) >= 11 is 2.28. The lowest BCUT2D eigenvalue weighted by Gasteiger charge is -2.07. The second-order valence-corrected chi connectivity index (χ2v) is 10.5. The van der Waals surface area contributed by atoms with Crippen LogP contribution in [0.2, 0.25) is 0 Å². The van der Waals surface area contributed by atoms with E-state index in [2.05, 4.69) is 15.0 Å². The number of nitrogens with zero attached hydrogens (tertiary/aromatic N) is 1. The van der Waals surface area contributed by atoms with E-state index in [4.69, 9.17) is 5.73 Å². The normalized spacial score (nSPS) is 11.5. The number of benzene rings is 2. The third-order valence-electron chi connectivity index (χ3n) is 4.48. The van der Waals surface area contributed by atoms with Crippen LogP contribution in [0.3, 0.4) is 0 Å². The van der Waals surface area contributed by atoms with Gasteiger partial charge in [-0.2, -0.15) is 0 Å². The highest BCUT2D eigenvalue weighted by atomic mass is 32.2. The molecule has 0 saturated heterocycles. The van der Waals surface area contributed by atoms with E-state index in [1.54, 1.807) is 0 Å². The fourth-order valence-corrected chi connectivity index (χ4v) is 5.47. The third-order valence-corrected chi connectivity index (χ3v) is 7.76. The molecule has 2 heterocycles. The van der Waals surface area contributed by atoms with Crippen molar-refractivity contribution in [3.8, 4) is 0 Å². The lowest BCUT2D eigenvalue weighted by molar-refractivity contribution is 0.103. The molecule has 4 N–H and O–H groups in total. The number of nitrogens with two attached hydrogens (primary N) is 1. The molecule has 0 atom stereocenters. The van der Waals surface area contributed by atoms with Gasteiger partial charge in [0.25, 0.3) is 0 Å². The van der Waals surface area contributed by atoms with Gasteiger partial charge in [0.05, 0.1) is 10.5 Å². The molecular weight excluding hydrogens is 490 g/mol. The number of thiazole rings is 1. The first-order valence-electron chi connectivity index (χ1n) is 9.39. The number of aromatic nitrogens is 1. The van der Waals surface area contributed by atoms with Gasteiger partial charge < -0.3 is 11.1 Å². The number of hydrogen-bond donors (Lipinski definition) is 3. The molecule has 0 unspecified atom stereocenters. The zero-order valence-corrected chi connectivity index (χ0v) is 19.2. The average Bonchev–Trinajstić information content (AvgIpc) is 3.42. The number of hydrogen-bond acceptors (Lipinski definition) is 8. The summed E-state index contributed by atoms with van der Waals surface area (Å²) in [6, 6.07) is 12.7. The molecule has 0 spiro atoms. The topological polar surface area (TPSA) is 114 Å². The average molecular weight is 507 g/mol. The fourth-order valence-electron chi connectivity index (χ4n) is 2.88. The number of nitrogens with one attached hydrogen (secondary N) is 2. The monoisotopic (exact) mass is 506 g/mol. The molecule has 2 aromatic heterocycles. The third kappa shape index (κ3) is 5.09. The first kappa shape index (κ1) is 23.0. The summed E-state index contributed by atoms with van der Waals surface area (Å²) in [5.41, 5.74) is 5.57. The van der Waals surface area contributed by atoms with E-state index in [1.165, 1.54) is 35.6 Å². The number of halogens is 2. The van der Waals surface area contributed by atoms with Gasteiger partial charge in [0.15, 0.2) is 5.13 Å². The minimum Gasteiger partial charge on any atom is -0.382 e. The Morgan fingerprint density at radius 2 is 1.73 bits per heavy atom. The number of sulfonamides is 1. The van der Waals surface area contributed by atoms with Crippen LogP contribution in [-0.4, -0.2) is 19.2 Å². The number of carbonyl (C=O) groups is 1. The van der Waals surface area contributed by atoms with Crippen molar-refractivity contribution in [2.75, 3.05) is 11.1 Å². The Balaban J connectivity index is 1.48. The maximum absolute atomic E-state index is 14.0. The van der Waals surface area contributed by atoms with Gasteiger partial charge in [-0.1, -0.05) is 23.5 Å². The quantitative estimate of drug-likeness (QED) is 0.303. The second kappa shape index (κ2) is 9.35. The molecule has 0 aliphatic rings. The summed E-state index contributed by atoms with van der Waals surface area (Å²) in [4.78, 5) is 17.5. The largest absolute Gasteiger partial charge is 0.382 e. The van der Waals surface area contributed by atoms with Crippen molar-refractivity contribution < 1.29 is 22.0 Å². The number of nitrogen functional groups attached to an aromatic ring is 1. The number of ketones is 1. The van der Waals surface area contributed by atoms with Crippen molar-refractivity contribution >= 4 is 55.1 Å². The SMILES string of the molecule is Nc1nc(Nc2ccc(S(=O)(=O)NCc3cccs3)cc2)sc1C(=O)c1c(F)cccc1F. The van der Waals surface area contributed by atoms with Crippen LogP contribution in [0, 0.1) is 11.6 Å². The zero-order valence-electron chi connectivity index (χ0n) is 16.7. The van der Waals surface area contributed by atoms with Crippen molar-refractivity contribution in [2.45, 2.75) is 11.4 Å². The molecule has 0 amide bonds. The van der Waals surface area contributed by atoms with Gasteiger partial charge in [0, 0.05) is 17.1 Å². The van der Waals surface area contributed by atoms with E-state index in [9.17, 15) is 22.0 Å². The molecule has 2 aromatic carbocycles. The van der Waals surface area contributed by atoms with Crippen LogP contribution in [0.15, 0.2) is 64.9 Å². The first-order chi connectivity index (χ1) is 15.7. The Labute approximate surface area is 196 Å². The van der Waals surface area contributed by atoms with Gasteiger partial charge in [-0.15, -0.1) is 11.3 Å². The predicted molar refractivity (Wildman–Crippen MR) is 124 cm³/mol. The summed E-state index contributed by atoms with van der Waals surface area (Å²) in [7, 11) is -3.70. The zero-order chi connectivity index (χ0) is 23.6. The van der Waals surface area contributed by atoms with Crippen LogP contribution in [0.4, 0.5) is 25.4 Å². The molecule has 4 rings (SSSR count). The Morgan fingerprint density at radius 1 is 1.03 bits per heavy atom. The smallest absolute Gasteiger partial charge is 0.240 e. The van der Waals surface area contributed by atoms with Gasteiger partial charge in [-0.25, -0.2) is 26.9 Å². The lowest BCUT2D eigenvalue weighted by Crippen LogP contribution is -2.22. The summed E-state index contributed by atoms with van der Waals surface area (Å²) in [6.07, 6.45) is 0. The van der Waals surface area contributed by atoms with Gasteiger partial charge in [-0.05, 0) is 47.8 Å². The lowest BCUT2D eigenvalue weighted by atomic mass is 10.1. The van der Waals surface area contributed by atoms with E-state index in [0.717, 1.165) is 34.4 Å². The van der Waals surface area contributed by atoms with Gasteiger partial charge >= 0.3 is 0 Å². The van der Waals surface area contributed by atoms with Crippen LogP contribution < -0.4 is 15.8 Å². The minimum atomic E-state index is -3.70. The molecule has 12 heteroatoms. The van der Waals surface area contributed by atoms with E-state index in [-0.39, 0.29) is 27.3 Å². The van der Waals surface area contributed by atoms with Crippen molar-refractivity contribution in [3.63, 3.8) is 0 Å². The van der Waals surface area contributed by atoms with Crippen molar-refractivity contribution in [3.05, 3.63) is 86.9 Å². The van der Waals surface area contributed by atoms with Crippen LogP contribution >= 0.6 is 22.7 Å². The first-order valence-corrected chi connectivity index (χ1v) is 12.6. The summed E-state index contributed by atoms with van der Waals surface area (Å²) in [5, 5.41) is 4.98. The van der Waals surface area contributed by atoms with Gasteiger partial charge in [0.1, 0.15) is 22.3 Å². The Kier molecular flexibility index (Phi) is 6.51. The molecular formula is C21H16F2N4O3S3. The van der Waals surface area contributed by atoms with Crippen LogP contribution in [0.1, 0.15) is 20.1 Å².